The van der Waals surface area contributed by atoms with Crippen molar-refractivity contribution in [2.45, 2.75) is 51.4 Å². The molecule has 7 rings (SSSR count). The number of hydrogen-bond acceptors (Lipinski definition) is 7. The molecule has 0 saturated carbocycles. The third-order valence-electron chi connectivity index (χ3n) is 8.68. The number of pyridine rings is 1. The number of aromatic nitrogens is 3. The molecule has 0 atom stereocenters. The van der Waals surface area contributed by atoms with Crippen molar-refractivity contribution < 1.29 is 23.9 Å². The molecule has 5 heterocycles. The third kappa shape index (κ3) is 5.45. The van der Waals surface area contributed by atoms with Crippen LogP contribution in [-0.2, 0) is 18.0 Å². The highest BCUT2D eigenvalue weighted by Gasteiger charge is 2.28. The van der Waals surface area contributed by atoms with Crippen LogP contribution >= 0.6 is 0 Å². The summed E-state index contributed by atoms with van der Waals surface area (Å²) < 4.78 is 13.2. The highest BCUT2D eigenvalue weighted by atomic mass is 16.5. The largest absolute Gasteiger partial charge is 0.489 e. The number of piperidine rings is 2. The van der Waals surface area contributed by atoms with Crippen molar-refractivity contribution in [2.75, 3.05) is 26.2 Å². The van der Waals surface area contributed by atoms with Crippen molar-refractivity contribution in [2.24, 2.45) is 0 Å². The molecule has 0 radical (unpaired) electrons. The molecule has 4 aromatic rings. The second-order valence-corrected chi connectivity index (χ2v) is 11.5. The maximum absolute atomic E-state index is 13.8. The number of nitrogens with zero attached hydrogens (tertiary/aromatic N) is 5. The SMILES string of the molecule is O=C1OCc2cc(COc3ccc4nc(C(=O)N5CCC(n6cccn6)CC5)cc(C(=O)N5CCCCC5)c4c3)ccc21. The smallest absolute Gasteiger partial charge is 0.338 e. The summed E-state index contributed by atoms with van der Waals surface area (Å²) in [6.45, 7) is 3.18. The number of fused-ring (bicyclic) bond motifs is 2. The van der Waals surface area contributed by atoms with Crippen LogP contribution in [0.3, 0.4) is 0 Å². The van der Waals surface area contributed by atoms with Crippen molar-refractivity contribution in [1.29, 1.82) is 0 Å². The minimum atomic E-state index is -0.299. The summed E-state index contributed by atoms with van der Waals surface area (Å²) >= 11 is 0. The first-order valence-corrected chi connectivity index (χ1v) is 15.0. The van der Waals surface area contributed by atoms with Gasteiger partial charge in [-0.05, 0) is 80.1 Å². The van der Waals surface area contributed by atoms with Crippen LogP contribution in [0, 0.1) is 0 Å². The van der Waals surface area contributed by atoms with Gasteiger partial charge < -0.3 is 19.3 Å². The van der Waals surface area contributed by atoms with Crippen molar-refractivity contribution >= 4 is 28.7 Å². The summed E-state index contributed by atoms with van der Waals surface area (Å²) in [5.74, 6) is 0.0495. The molecule has 2 fully saturated rings. The number of likely N-dealkylation sites (tertiary alicyclic amines) is 2. The number of carbonyl (C=O) groups excluding carboxylic acids is 3. The molecular weight excluding hydrogens is 546 g/mol. The summed E-state index contributed by atoms with van der Waals surface area (Å²) in [6.07, 6.45) is 8.42. The van der Waals surface area contributed by atoms with E-state index < -0.39 is 0 Å². The first-order valence-electron chi connectivity index (χ1n) is 15.0. The molecule has 2 amide bonds. The second-order valence-electron chi connectivity index (χ2n) is 11.5. The minimum absolute atomic E-state index is 0.0843. The van der Waals surface area contributed by atoms with Crippen LogP contribution < -0.4 is 4.74 Å². The monoisotopic (exact) mass is 579 g/mol. The molecule has 0 N–H and O–H groups in total. The topological polar surface area (TPSA) is 107 Å². The molecule has 2 aromatic carbocycles. The van der Waals surface area contributed by atoms with Crippen LogP contribution in [0.2, 0.25) is 0 Å². The van der Waals surface area contributed by atoms with Crippen LogP contribution in [-0.4, -0.2) is 68.5 Å². The average molecular weight is 580 g/mol. The van der Waals surface area contributed by atoms with Crippen molar-refractivity contribution in [3.05, 3.63) is 88.9 Å². The molecule has 10 heteroatoms. The lowest BCUT2D eigenvalue weighted by Gasteiger charge is -2.32. The van der Waals surface area contributed by atoms with E-state index in [4.69, 9.17) is 14.5 Å². The van der Waals surface area contributed by atoms with Crippen LogP contribution in [0.4, 0.5) is 0 Å². The maximum Gasteiger partial charge on any atom is 0.338 e. The van der Waals surface area contributed by atoms with E-state index in [2.05, 4.69) is 5.10 Å². The van der Waals surface area contributed by atoms with Gasteiger partial charge in [-0.3, -0.25) is 14.3 Å². The number of esters is 1. The number of carbonyl (C=O) groups is 3. The summed E-state index contributed by atoms with van der Waals surface area (Å²) in [5.41, 5.74) is 3.70. The van der Waals surface area contributed by atoms with Crippen LogP contribution in [0.5, 0.6) is 5.75 Å². The predicted octanol–water partition coefficient (Wildman–Crippen LogP) is 4.78. The lowest BCUT2D eigenvalue weighted by molar-refractivity contribution is 0.0534. The zero-order valence-electron chi connectivity index (χ0n) is 23.9. The summed E-state index contributed by atoms with van der Waals surface area (Å²) in [6, 6.07) is 14.9. The average Bonchev–Trinajstić information content (AvgIpc) is 3.73. The molecule has 2 aromatic heterocycles. The maximum atomic E-state index is 13.8. The summed E-state index contributed by atoms with van der Waals surface area (Å²) in [5, 5.41) is 5.02. The molecule has 2 saturated heterocycles. The standard InChI is InChI=1S/C33H33N5O5/c39-31(36-12-2-1-3-13-36)28-19-30(32(40)37-15-9-24(10-16-37)38-14-4-11-34-38)35-29-8-6-25(18-27(28)29)42-20-22-5-7-26-23(17-22)21-43-33(26)41/h4-8,11,14,17-19,24H,1-3,9-10,12-13,15-16,20-21H2. The van der Waals surface area contributed by atoms with E-state index >= 15 is 0 Å². The van der Waals surface area contributed by atoms with Gasteiger partial charge in [0, 0.05) is 49.5 Å². The predicted molar refractivity (Wildman–Crippen MR) is 158 cm³/mol. The fourth-order valence-electron chi connectivity index (χ4n) is 6.28. The Morgan fingerprint density at radius 2 is 1.74 bits per heavy atom. The molecule has 0 bridgehead atoms. The Morgan fingerprint density at radius 3 is 2.53 bits per heavy atom. The van der Waals surface area contributed by atoms with Crippen LogP contribution in [0.25, 0.3) is 10.9 Å². The van der Waals surface area contributed by atoms with Gasteiger partial charge in [0.15, 0.2) is 0 Å². The van der Waals surface area contributed by atoms with E-state index in [1.165, 1.54) is 0 Å². The van der Waals surface area contributed by atoms with Gasteiger partial charge in [-0.2, -0.15) is 5.10 Å². The Morgan fingerprint density at radius 1 is 0.930 bits per heavy atom. The molecule has 43 heavy (non-hydrogen) atoms. The zero-order chi connectivity index (χ0) is 29.3. The Bertz CT molecular complexity index is 1690. The third-order valence-corrected chi connectivity index (χ3v) is 8.68. The van der Waals surface area contributed by atoms with E-state index in [1.807, 2.05) is 57.1 Å². The number of amides is 2. The minimum Gasteiger partial charge on any atom is -0.489 e. The Kier molecular flexibility index (Phi) is 7.26. The zero-order valence-corrected chi connectivity index (χ0v) is 23.9. The van der Waals surface area contributed by atoms with E-state index in [1.54, 1.807) is 18.3 Å². The number of ether oxygens (including phenoxy) is 2. The van der Waals surface area contributed by atoms with Crippen molar-refractivity contribution in [3.8, 4) is 5.75 Å². The van der Waals surface area contributed by atoms with Gasteiger partial charge in [-0.1, -0.05) is 6.07 Å². The first-order chi connectivity index (χ1) is 21.0. The Labute approximate surface area is 249 Å². The Hall–Kier alpha value is -4.73. The van der Waals surface area contributed by atoms with Gasteiger partial charge in [0.25, 0.3) is 11.8 Å². The Balaban J connectivity index is 1.15. The highest BCUT2D eigenvalue weighted by molar-refractivity contribution is 6.09. The molecular formula is C33H33N5O5. The highest BCUT2D eigenvalue weighted by Crippen LogP contribution is 2.29. The van der Waals surface area contributed by atoms with E-state index in [0.29, 0.717) is 60.6 Å². The lowest BCUT2D eigenvalue weighted by atomic mass is 10.0. The normalized spacial score (nSPS) is 17.2. The molecule has 3 aliphatic rings. The van der Waals surface area contributed by atoms with E-state index in [-0.39, 0.29) is 36.1 Å². The lowest BCUT2D eigenvalue weighted by Crippen LogP contribution is -2.40. The number of benzene rings is 2. The number of cyclic esters (lactones) is 1. The second kappa shape index (κ2) is 11.5. The molecule has 0 unspecified atom stereocenters. The summed E-state index contributed by atoms with van der Waals surface area (Å²) in [7, 11) is 0. The quantitative estimate of drug-likeness (QED) is 0.303. The van der Waals surface area contributed by atoms with Gasteiger partial charge in [0.1, 0.15) is 24.7 Å². The number of hydrogen-bond donors (Lipinski definition) is 0. The van der Waals surface area contributed by atoms with Gasteiger partial charge >= 0.3 is 5.97 Å². The molecule has 0 aliphatic carbocycles. The van der Waals surface area contributed by atoms with Crippen LogP contribution in [0.1, 0.15) is 80.5 Å². The van der Waals surface area contributed by atoms with Crippen LogP contribution in [0.15, 0.2) is 60.9 Å². The van der Waals surface area contributed by atoms with E-state index in [0.717, 1.165) is 43.2 Å². The van der Waals surface area contributed by atoms with Gasteiger partial charge in [0.05, 0.1) is 22.7 Å². The first kappa shape index (κ1) is 27.1. The summed E-state index contributed by atoms with van der Waals surface area (Å²) in [4.78, 5) is 47.7. The van der Waals surface area contributed by atoms with Gasteiger partial charge in [0.2, 0.25) is 0 Å². The van der Waals surface area contributed by atoms with Gasteiger partial charge in [-0.25, -0.2) is 9.78 Å². The molecule has 3 aliphatic heterocycles. The number of rotatable bonds is 6. The van der Waals surface area contributed by atoms with Crippen molar-refractivity contribution in [3.63, 3.8) is 0 Å². The van der Waals surface area contributed by atoms with Gasteiger partial charge in [-0.15, -0.1) is 0 Å². The molecule has 10 nitrogen and oxygen atoms in total. The fourth-order valence-corrected chi connectivity index (χ4v) is 6.28. The molecule has 220 valence electrons. The van der Waals surface area contributed by atoms with Crippen molar-refractivity contribution in [1.82, 2.24) is 24.6 Å². The van der Waals surface area contributed by atoms with E-state index in [9.17, 15) is 14.4 Å². The molecule has 0 spiro atoms. The fraction of sp³-hybridized carbons (Fsp3) is 0.364.